The number of rotatable bonds is 11. The number of methoxy groups -OCH3 is 3. The third kappa shape index (κ3) is 128. The molecule has 1 aliphatic heterocycles. The summed E-state index contributed by atoms with van der Waals surface area (Å²) in [4.78, 5) is 42.0. The Morgan fingerprint density at radius 2 is 1.09 bits per heavy atom. The first kappa shape index (κ1) is 97.3. The van der Waals surface area contributed by atoms with Gasteiger partial charge in [-0.3, -0.25) is 9.59 Å². The first-order valence-corrected chi connectivity index (χ1v) is 17.9. The Balaban J connectivity index is -0.0000000252. The van der Waals surface area contributed by atoms with E-state index < -0.39 is 24.0 Å². The van der Waals surface area contributed by atoms with Gasteiger partial charge in [-0.25, -0.2) is 4.79 Å². The number of aliphatic hydroxyl groups is 5. The van der Waals surface area contributed by atoms with E-state index >= 15 is 0 Å². The van der Waals surface area contributed by atoms with Gasteiger partial charge in [-0.05, 0) is 23.1 Å². The number of epoxide rings is 1. The van der Waals surface area contributed by atoms with E-state index in [2.05, 4.69) is 115 Å². The Morgan fingerprint density at radius 1 is 0.796 bits per heavy atom. The van der Waals surface area contributed by atoms with Gasteiger partial charge in [0.2, 0.25) is 5.76 Å². The van der Waals surface area contributed by atoms with Crippen LogP contribution in [0.2, 0.25) is 0 Å². The number of hydrogen-bond donors (Lipinski definition) is 5. The van der Waals surface area contributed by atoms with Crippen molar-refractivity contribution in [2.24, 2.45) is 5.92 Å². The molecule has 0 amide bonds. The molecule has 0 aliphatic carbocycles. The summed E-state index contributed by atoms with van der Waals surface area (Å²) in [7, 11) is 4.99. The van der Waals surface area contributed by atoms with Crippen molar-refractivity contribution >= 4 is 85.7 Å². The molecule has 0 bridgehead atoms. The SMILES string of the molecule is C.C.CI.COC(=O)CC(=O)OC.[CH2-]C(I)CO.[CH2-]C(O)CO.[CH2-]C/C=C(/OOC)C(=O)OC.[CH2-]C1CO1.[CH2-]CC(CO)CO.[CH2-]CI.[Rf].[Rf].[Rf].[Rf].[Rf].[Rf]. The molecule has 3 atom stereocenters. The topological polar surface area (TPSA) is 211 Å². The molecule has 23 heteroatoms. The molecule has 14 nitrogen and oxygen atoms in total. The second-order valence-electron chi connectivity index (χ2n) is 7.21. The summed E-state index contributed by atoms with van der Waals surface area (Å²) in [6.07, 6.45) is 1.72. The Bertz CT molecular complexity index is 633. The molecule has 3 unspecified atom stereocenters. The van der Waals surface area contributed by atoms with Crippen LogP contribution in [0.1, 0.15) is 34.1 Å². The fourth-order valence-electron chi connectivity index (χ4n) is 1.04. The fourth-order valence-corrected chi connectivity index (χ4v) is 1.04. The Kier molecular flexibility index (Phi) is 155. The largest absolute Gasteiger partial charge is 0.469 e. The van der Waals surface area contributed by atoms with Crippen LogP contribution in [0.3, 0.4) is 0 Å². The molecule has 5 N–H and O–H groups in total. The van der Waals surface area contributed by atoms with Gasteiger partial charge in [0.25, 0.3) is 0 Å². The average molecular weight is 2640 g/mol. The van der Waals surface area contributed by atoms with E-state index in [1.807, 2.05) is 27.5 Å². The Morgan fingerprint density at radius 3 is 1.20 bits per heavy atom. The molecule has 0 aromatic heterocycles. The van der Waals surface area contributed by atoms with Crippen molar-refractivity contribution in [3.8, 4) is 0 Å². The van der Waals surface area contributed by atoms with Crippen LogP contribution in [0.25, 0.3) is 0 Å². The number of ether oxygens (including phenoxy) is 4. The molecule has 1 rings (SSSR count). The molecule has 310 valence electrons. The second-order valence-corrected chi connectivity index (χ2v) is 10.0. The van der Waals surface area contributed by atoms with Gasteiger partial charge >= 0.3 is 17.9 Å². The molecular formula is C31H63I3O14Rf6-6. The average Bonchev–Trinajstić information content (AvgIpc) is 3.85. The molecule has 1 saturated heterocycles. The van der Waals surface area contributed by atoms with Gasteiger partial charge < -0.3 is 90.9 Å². The number of alkyl halides is 3. The van der Waals surface area contributed by atoms with E-state index in [-0.39, 0.29) is 63.3 Å². The number of aliphatic hydroxyl groups excluding tert-OH is 5. The van der Waals surface area contributed by atoms with Crippen LogP contribution in [-0.2, 0) is 43.1 Å². The maximum Gasteiger partial charge on any atom is 0.377 e. The molecule has 0 spiro atoms. The summed E-state index contributed by atoms with van der Waals surface area (Å²) < 4.78 is 18.5. The summed E-state index contributed by atoms with van der Waals surface area (Å²) in [6, 6.07) is 0. The van der Waals surface area contributed by atoms with Crippen molar-refractivity contribution in [1.82, 2.24) is 0 Å². The minimum absolute atomic E-state index is 0. The number of allylic oxidation sites excluding steroid dienone is 1. The van der Waals surface area contributed by atoms with Gasteiger partial charge in [0.05, 0.1) is 28.4 Å². The normalized spacial score (nSPS) is 11.1. The predicted molar refractivity (Wildman–Crippen MR) is 216 cm³/mol. The first-order valence-electron chi connectivity index (χ1n) is 13.0. The standard InChI is InChI=1S/C7H11O4.C5H8O4.C5H11O2.C3H6IO.C3H7O2.C3H5O.C2H4I.CH3I.2CH4.6Rf/c1-4-5-6(11-10-3)7(8)9-2;1-8-4(6)3-5(7)9-2;1-2-5(3-6)4-7;1-3(4)2-5;1-3(5)2-4;1-3-2-4-3;1-2-3;1-2;;;;;;;;/h5H,1,4H2,2-3H3;3H2,1-2H3;5-7H,1-4H2;3,5H,1-2H2;3-5H,1-2H2;3H,1-2H2;1-2H2;1H3;2*1H4;;;;;;/q-1;;5*-1;;;;;;;;;/b6-5+;;;;;;;;;;;;;;;. The summed E-state index contributed by atoms with van der Waals surface area (Å²) >= 11 is 6.37. The smallest absolute Gasteiger partial charge is 0.377 e. The van der Waals surface area contributed by atoms with Gasteiger partial charge in [-0.15, -0.1) is 49.6 Å². The number of hydrogen-bond acceptors (Lipinski definition) is 14. The fraction of sp³-hybridized carbons (Fsp3) is 0.645. The van der Waals surface area contributed by atoms with Crippen molar-refractivity contribution < 1.29 is 68.6 Å². The second kappa shape index (κ2) is 86.0. The van der Waals surface area contributed by atoms with Gasteiger partial charge in [-0.1, -0.05) is 47.4 Å². The van der Waals surface area contributed by atoms with Crippen LogP contribution in [0, 0.1) is 47.5 Å². The molecule has 0 radical (unpaired) electrons. The monoisotopic (exact) mass is 2640 g/mol. The van der Waals surface area contributed by atoms with E-state index in [0.717, 1.165) is 11.0 Å². The predicted octanol–water partition coefficient (Wildman–Crippen LogP) is 3.97. The molecule has 0 aromatic carbocycles. The molecule has 1 aliphatic rings. The zero-order valence-corrected chi connectivity index (χ0v) is 76.6. The van der Waals surface area contributed by atoms with Crippen LogP contribution in [0.5, 0.6) is 0 Å². The Labute approximate surface area is 332 Å². The van der Waals surface area contributed by atoms with E-state index in [4.69, 9.17) is 25.5 Å². The number of carbonyl (C=O) groups is 3. The van der Waals surface area contributed by atoms with E-state index in [1.165, 1.54) is 34.5 Å². The van der Waals surface area contributed by atoms with Crippen molar-refractivity contribution in [2.45, 2.75) is 50.2 Å². The van der Waals surface area contributed by atoms with Crippen molar-refractivity contribution in [3.63, 3.8) is 0 Å². The van der Waals surface area contributed by atoms with Gasteiger partial charge in [0, 0.05) is 33.0 Å². The molecule has 1 heterocycles. The van der Waals surface area contributed by atoms with Gasteiger partial charge in [0.1, 0.15) is 6.42 Å². The van der Waals surface area contributed by atoms with Crippen molar-refractivity contribution in [3.05, 3.63) is 53.4 Å². The van der Waals surface area contributed by atoms with Crippen LogP contribution in [0.4, 0.5) is 0 Å². The third-order valence-corrected chi connectivity index (χ3v) is 3.76. The molecule has 54 heavy (non-hydrogen) atoms. The first-order chi connectivity index (χ1) is 21.7. The molecule has 1 fully saturated rings. The Hall–Kier alpha value is -6.14. The van der Waals surface area contributed by atoms with Crippen LogP contribution >= 0.6 is 67.8 Å². The summed E-state index contributed by atoms with van der Waals surface area (Å²) in [5, 5.41) is 40.6. The summed E-state index contributed by atoms with van der Waals surface area (Å²) in [6.45, 7) is 21.5. The van der Waals surface area contributed by atoms with Crippen molar-refractivity contribution in [1.29, 1.82) is 0 Å². The molecule has 0 saturated carbocycles. The van der Waals surface area contributed by atoms with E-state index in [9.17, 15) is 14.4 Å². The van der Waals surface area contributed by atoms with Gasteiger partial charge in [0.15, 0.2) is 0 Å². The molecular weight excluding hydrogens is 2580 g/mol. The summed E-state index contributed by atoms with van der Waals surface area (Å²) in [5.41, 5.74) is 0. The quantitative estimate of drug-likeness (QED) is 0.0170. The minimum atomic E-state index is -0.810. The van der Waals surface area contributed by atoms with Crippen LogP contribution in [-0.4, -0.2) is 130 Å². The number of esters is 3. The minimum Gasteiger partial charge on any atom is -0.469 e. The molecule has 0 aromatic rings. The summed E-state index contributed by atoms with van der Waals surface area (Å²) in [5.74, 6) is -1.73. The zero-order valence-electron chi connectivity index (χ0n) is 31.8. The number of carbonyl (C=O) groups excluding carboxylic acids is 3. The number of halogens is 3. The van der Waals surface area contributed by atoms with Crippen molar-refractivity contribution in [2.75, 3.05) is 70.8 Å². The maximum absolute atomic E-state index is 10.8. The maximum atomic E-state index is 10.8. The van der Waals surface area contributed by atoms with Gasteiger partial charge in [-0.2, -0.15) is 17.7 Å². The van der Waals surface area contributed by atoms with E-state index in [1.54, 1.807) is 0 Å². The third-order valence-electron chi connectivity index (χ3n) is 3.37. The van der Waals surface area contributed by atoms with Crippen LogP contribution < -0.4 is 0 Å². The van der Waals surface area contributed by atoms with Crippen LogP contribution in [0.15, 0.2) is 11.8 Å². The van der Waals surface area contributed by atoms with E-state index in [0.29, 0.717) is 18.9 Å². The zero-order chi connectivity index (χ0) is 37.9.